The molecular formula is C14H19F2N. The van der Waals surface area contributed by atoms with Crippen molar-refractivity contribution >= 4 is 0 Å². The summed E-state index contributed by atoms with van der Waals surface area (Å²) in [6.45, 7) is 4.13. The van der Waals surface area contributed by atoms with Gasteiger partial charge in [0.2, 0.25) is 0 Å². The molecule has 0 saturated carbocycles. The summed E-state index contributed by atoms with van der Waals surface area (Å²) in [6, 6.07) is 4.02. The first-order valence-corrected chi connectivity index (χ1v) is 6.03. The highest BCUT2D eigenvalue weighted by Crippen LogP contribution is 2.09. The minimum absolute atomic E-state index is 0.644. The van der Waals surface area contributed by atoms with Crippen LogP contribution in [0.15, 0.2) is 30.4 Å². The van der Waals surface area contributed by atoms with Gasteiger partial charge < -0.3 is 5.32 Å². The molecule has 1 rings (SSSR count). The third-order valence-corrected chi connectivity index (χ3v) is 2.42. The Labute approximate surface area is 102 Å². The van der Waals surface area contributed by atoms with Gasteiger partial charge in [-0.05, 0) is 50.0 Å². The molecule has 0 aliphatic carbocycles. The number of rotatable bonds is 7. The minimum Gasteiger partial charge on any atom is -0.316 e. The van der Waals surface area contributed by atoms with Gasteiger partial charge in [0.25, 0.3) is 0 Å². The molecule has 0 aliphatic rings. The van der Waals surface area contributed by atoms with Crippen LogP contribution in [-0.4, -0.2) is 13.1 Å². The molecule has 0 radical (unpaired) electrons. The summed E-state index contributed by atoms with van der Waals surface area (Å²) in [6.07, 6.45) is 6.79. The van der Waals surface area contributed by atoms with Gasteiger partial charge in [-0.15, -0.1) is 0 Å². The van der Waals surface area contributed by atoms with Crippen LogP contribution in [0, 0.1) is 11.6 Å². The van der Waals surface area contributed by atoms with Crippen LogP contribution in [0.1, 0.15) is 25.3 Å². The molecule has 0 bridgehead atoms. The monoisotopic (exact) mass is 239 g/mol. The highest BCUT2D eigenvalue weighted by Gasteiger charge is 2.00. The molecule has 17 heavy (non-hydrogen) atoms. The Morgan fingerprint density at radius 2 is 1.94 bits per heavy atom. The van der Waals surface area contributed by atoms with E-state index >= 15 is 0 Å². The lowest BCUT2D eigenvalue weighted by atomic mass is 10.1. The summed E-state index contributed by atoms with van der Waals surface area (Å²) in [7, 11) is 0. The molecule has 1 nitrogen and oxygen atoms in total. The van der Waals surface area contributed by atoms with E-state index in [1.54, 1.807) is 6.07 Å². The second-order valence-electron chi connectivity index (χ2n) is 3.96. The number of hydrogen-bond donors (Lipinski definition) is 1. The van der Waals surface area contributed by atoms with Gasteiger partial charge in [-0.3, -0.25) is 0 Å². The van der Waals surface area contributed by atoms with E-state index in [-0.39, 0.29) is 0 Å². The number of allylic oxidation sites excluding steroid dienone is 1. The van der Waals surface area contributed by atoms with Crippen LogP contribution in [0.5, 0.6) is 0 Å². The smallest absolute Gasteiger partial charge is 0.159 e. The van der Waals surface area contributed by atoms with Gasteiger partial charge in [0.15, 0.2) is 11.6 Å². The van der Waals surface area contributed by atoms with Crippen molar-refractivity contribution in [2.45, 2.75) is 26.2 Å². The van der Waals surface area contributed by atoms with Crippen LogP contribution in [0.4, 0.5) is 8.78 Å². The molecule has 0 amide bonds. The molecule has 0 unspecified atom stereocenters. The zero-order valence-electron chi connectivity index (χ0n) is 10.2. The van der Waals surface area contributed by atoms with Crippen molar-refractivity contribution in [2.24, 2.45) is 0 Å². The van der Waals surface area contributed by atoms with Gasteiger partial charge in [-0.1, -0.05) is 25.1 Å². The van der Waals surface area contributed by atoms with Crippen LogP contribution in [0.25, 0.3) is 0 Å². The Morgan fingerprint density at radius 3 is 2.65 bits per heavy atom. The Hall–Kier alpha value is -1.22. The van der Waals surface area contributed by atoms with E-state index in [2.05, 4.69) is 18.3 Å². The molecule has 0 saturated heterocycles. The van der Waals surface area contributed by atoms with Crippen LogP contribution >= 0.6 is 0 Å². The molecule has 0 heterocycles. The third kappa shape index (κ3) is 5.59. The number of hydrogen-bond acceptors (Lipinski definition) is 1. The van der Waals surface area contributed by atoms with Crippen molar-refractivity contribution in [3.8, 4) is 0 Å². The Kier molecular flexibility index (Phi) is 6.48. The summed E-state index contributed by atoms with van der Waals surface area (Å²) in [5.41, 5.74) is 0.793. The summed E-state index contributed by atoms with van der Waals surface area (Å²) in [4.78, 5) is 0. The molecule has 0 fully saturated rings. The number of halogens is 2. The van der Waals surface area contributed by atoms with Gasteiger partial charge in [0.05, 0.1) is 0 Å². The molecule has 1 aromatic carbocycles. The molecule has 1 aromatic rings. The highest BCUT2D eigenvalue weighted by molar-refractivity contribution is 5.20. The predicted molar refractivity (Wildman–Crippen MR) is 67.0 cm³/mol. The standard InChI is InChI=1S/C14H19F2N/c1-2-9-17-10-5-3-4-6-12-7-8-13(15)14(16)11-12/h3-4,7-8,11,17H,2,5-6,9-10H2,1H3/b4-3+. The third-order valence-electron chi connectivity index (χ3n) is 2.42. The molecule has 1 N–H and O–H groups in total. The second-order valence-corrected chi connectivity index (χ2v) is 3.96. The van der Waals surface area contributed by atoms with E-state index in [0.29, 0.717) is 6.42 Å². The van der Waals surface area contributed by atoms with Crippen molar-refractivity contribution in [3.05, 3.63) is 47.5 Å². The molecule has 3 heteroatoms. The molecule has 0 aliphatic heterocycles. The minimum atomic E-state index is -0.790. The maximum atomic E-state index is 12.9. The van der Waals surface area contributed by atoms with Crippen molar-refractivity contribution in [3.63, 3.8) is 0 Å². The van der Waals surface area contributed by atoms with E-state index in [9.17, 15) is 8.78 Å². The number of nitrogens with one attached hydrogen (secondary N) is 1. The normalized spacial score (nSPS) is 11.2. The molecule has 0 aromatic heterocycles. The van der Waals surface area contributed by atoms with Gasteiger partial charge >= 0.3 is 0 Å². The fraction of sp³-hybridized carbons (Fsp3) is 0.429. The quantitative estimate of drug-likeness (QED) is 0.567. The molecule has 94 valence electrons. The fourth-order valence-corrected chi connectivity index (χ4v) is 1.49. The average Bonchev–Trinajstić information content (AvgIpc) is 2.32. The van der Waals surface area contributed by atoms with E-state index < -0.39 is 11.6 Å². The first-order chi connectivity index (χ1) is 8.24. The summed E-state index contributed by atoms with van der Waals surface area (Å²) >= 11 is 0. The highest BCUT2D eigenvalue weighted by atomic mass is 19.2. The lowest BCUT2D eigenvalue weighted by molar-refractivity contribution is 0.507. The Balaban J connectivity index is 2.25. The summed E-state index contributed by atoms with van der Waals surface area (Å²) in [5.74, 6) is -1.57. The van der Waals surface area contributed by atoms with Gasteiger partial charge in [-0.25, -0.2) is 8.78 Å². The van der Waals surface area contributed by atoms with Gasteiger partial charge in [0.1, 0.15) is 0 Å². The topological polar surface area (TPSA) is 12.0 Å². The largest absolute Gasteiger partial charge is 0.316 e. The maximum Gasteiger partial charge on any atom is 0.159 e. The Morgan fingerprint density at radius 1 is 1.12 bits per heavy atom. The molecular weight excluding hydrogens is 220 g/mol. The average molecular weight is 239 g/mol. The molecule has 0 atom stereocenters. The molecule has 0 spiro atoms. The SMILES string of the molecule is CCCNCC/C=C/Cc1ccc(F)c(F)c1. The summed E-state index contributed by atoms with van der Waals surface area (Å²) < 4.78 is 25.5. The second kappa shape index (κ2) is 7.96. The lowest BCUT2D eigenvalue weighted by Gasteiger charge is -1.99. The first kappa shape index (κ1) is 13.8. The van der Waals surface area contributed by atoms with E-state index in [1.807, 2.05) is 6.08 Å². The summed E-state index contributed by atoms with van der Waals surface area (Å²) in [5, 5.41) is 3.29. The van der Waals surface area contributed by atoms with E-state index in [4.69, 9.17) is 0 Å². The lowest BCUT2D eigenvalue weighted by Crippen LogP contribution is -2.14. The van der Waals surface area contributed by atoms with Crippen LogP contribution in [0.2, 0.25) is 0 Å². The fourth-order valence-electron chi connectivity index (χ4n) is 1.49. The maximum absolute atomic E-state index is 12.9. The van der Waals surface area contributed by atoms with Gasteiger partial charge in [-0.2, -0.15) is 0 Å². The van der Waals surface area contributed by atoms with E-state index in [0.717, 1.165) is 31.5 Å². The van der Waals surface area contributed by atoms with Crippen LogP contribution in [0.3, 0.4) is 0 Å². The Bertz CT molecular complexity index is 361. The van der Waals surface area contributed by atoms with Crippen LogP contribution < -0.4 is 5.32 Å². The van der Waals surface area contributed by atoms with Crippen molar-refractivity contribution in [1.82, 2.24) is 5.32 Å². The first-order valence-electron chi connectivity index (χ1n) is 6.03. The van der Waals surface area contributed by atoms with Crippen molar-refractivity contribution < 1.29 is 8.78 Å². The van der Waals surface area contributed by atoms with Gasteiger partial charge in [0, 0.05) is 0 Å². The zero-order chi connectivity index (χ0) is 12.5. The van der Waals surface area contributed by atoms with E-state index in [1.165, 1.54) is 12.1 Å². The van der Waals surface area contributed by atoms with Crippen LogP contribution in [-0.2, 0) is 6.42 Å². The van der Waals surface area contributed by atoms with Crippen molar-refractivity contribution in [2.75, 3.05) is 13.1 Å². The number of benzene rings is 1. The zero-order valence-corrected chi connectivity index (χ0v) is 10.2. The predicted octanol–water partition coefficient (Wildman–Crippen LogP) is 3.45. The van der Waals surface area contributed by atoms with Crippen molar-refractivity contribution in [1.29, 1.82) is 0 Å².